The summed E-state index contributed by atoms with van der Waals surface area (Å²) in [6.07, 6.45) is 0.435. The highest BCUT2D eigenvalue weighted by Crippen LogP contribution is 2.30. The third-order valence-electron chi connectivity index (χ3n) is 6.07. The first-order valence-electron chi connectivity index (χ1n) is 11.5. The number of carbonyl (C=O) groups is 2. The molecular weight excluding hydrogens is 470 g/mol. The SMILES string of the molecule is CCCOC(=O)N1CCN(C(=O)c2ccc3c(Cl)cc(-c4ccc5[nH]c(=O)[nH]c5c4)nc3c2)CC1. The smallest absolute Gasteiger partial charge is 0.409 e. The monoisotopic (exact) mass is 493 g/mol. The summed E-state index contributed by atoms with van der Waals surface area (Å²) >= 11 is 6.55. The van der Waals surface area contributed by atoms with Crippen LogP contribution >= 0.6 is 11.6 Å². The number of halogens is 1. The second-order valence-corrected chi connectivity index (χ2v) is 8.86. The van der Waals surface area contributed by atoms with Gasteiger partial charge in [0.2, 0.25) is 0 Å². The molecule has 1 aliphatic heterocycles. The Morgan fingerprint density at radius 3 is 2.51 bits per heavy atom. The number of fused-ring (bicyclic) bond motifs is 2. The van der Waals surface area contributed by atoms with Gasteiger partial charge in [-0.25, -0.2) is 14.6 Å². The number of H-pyrrole nitrogens is 2. The number of hydrogen-bond acceptors (Lipinski definition) is 5. The van der Waals surface area contributed by atoms with Crippen molar-refractivity contribution in [2.45, 2.75) is 13.3 Å². The Balaban J connectivity index is 1.38. The van der Waals surface area contributed by atoms with Gasteiger partial charge < -0.3 is 24.5 Å². The molecule has 0 bridgehead atoms. The number of aromatic amines is 2. The normalized spacial score (nSPS) is 14.0. The second-order valence-electron chi connectivity index (χ2n) is 8.45. The van der Waals surface area contributed by atoms with E-state index in [1.54, 1.807) is 40.1 Å². The summed E-state index contributed by atoms with van der Waals surface area (Å²) in [5, 5.41) is 1.26. The fourth-order valence-electron chi connectivity index (χ4n) is 4.21. The van der Waals surface area contributed by atoms with Gasteiger partial charge in [-0.2, -0.15) is 0 Å². The largest absolute Gasteiger partial charge is 0.449 e. The molecule has 0 atom stereocenters. The van der Waals surface area contributed by atoms with Crippen molar-refractivity contribution in [2.24, 2.45) is 0 Å². The van der Waals surface area contributed by atoms with Gasteiger partial charge in [0, 0.05) is 42.7 Å². The number of imidazole rings is 1. The molecule has 9 nitrogen and oxygen atoms in total. The Hall–Kier alpha value is -3.85. The molecule has 0 spiro atoms. The molecule has 1 aliphatic rings. The first kappa shape index (κ1) is 22.9. The van der Waals surface area contributed by atoms with E-state index in [1.807, 2.05) is 19.1 Å². The number of nitrogens with zero attached hydrogens (tertiary/aromatic N) is 3. The van der Waals surface area contributed by atoms with Crippen LogP contribution in [0.1, 0.15) is 23.7 Å². The molecule has 2 amide bonds. The lowest BCUT2D eigenvalue weighted by atomic mass is 10.1. The number of piperazine rings is 1. The van der Waals surface area contributed by atoms with Crippen LogP contribution in [0.2, 0.25) is 5.02 Å². The van der Waals surface area contributed by atoms with Gasteiger partial charge in [0.05, 0.1) is 33.9 Å². The van der Waals surface area contributed by atoms with Crippen LogP contribution in [0.25, 0.3) is 33.2 Å². The van der Waals surface area contributed by atoms with Crippen molar-refractivity contribution in [1.82, 2.24) is 24.8 Å². The molecule has 4 aromatic rings. The van der Waals surface area contributed by atoms with Crippen LogP contribution in [-0.2, 0) is 4.74 Å². The summed E-state index contributed by atoms with van der Waals surface area (Å²) in [6.45, 7) is 4.06. The Labute approximate surface area is 205 Å². The highest BCUT2D eigenvalue weighted by molar-refractivity contribution is 6.35. The van der Waals surface area contributed by atoms with Gasteiger partial charge >= 0.3 is 11.8 Å². The zero-order valence-electron chi connectivity index (χ0n) is 19.1. The maximum atomic E-state index is 13.2. The van der Waals surface area contributed by atoms with Crippen molar-refractivity contribution in [3.63, 3.8) is 0 Å². The molecule has 180 valence electrons. The number of ether oxygens (including phenoxy) is 1. The number of hydrogen-bond donors (Lipinski definition) is 2. The maximum Gasteiger partial charge on any atom is 0.409 e. The minimum atomic E-state index is -0.335. The molecule has 0 aliphatic carbocycles. The average molecular weight is 494 g/mol. The van der Waals surface area contributed by atoms with Crippen molar-refractivity contribution < 1.29 is 14.3 Å². The van der Waals surface area contributed by atoms with Crippen LogP contribution < -0.4 is 5.69 Å². The molecule has 35 heavy (non-hydrogen) atoms. The van der Waals surface area contributed by atoms with E-state index in [-0.39, 0.29) is 17.7 Å². The molecule has 0 radical (unpaired) electrons. The molecule has 1 fully saturated rings. The van der Waals surface area contributed by atoms with Crippen molar-refractivity contribution in [3.05, 3.63) is 63.5 Å². The lowest BCUT2D eigenvalue weighted by Crippen LogP contribution is -2.50. The molecule has 3 heterocycles. The molecule has 0 unspecified atom stereocenters. The predicted molar refractivity (Wildman–Crippen MR) is 134 cm³/mol. The Bertz CT molecular complexity index is 1490. The minimum Gasteiger partial charge on any atom is -0.449 e. The molecule has 10 heteroatoms. The standard InChI is InChI=1S/C25H24ClN5O4/c1-2-11-35-25(34)31-9-7-30(8-10-31)23(32)16-3-5-17-18(26)14-20(27-21(17)13-16)15-4-6-19-22(12-15)29-24(33)28-19/h3-6,12-14H,2,7-11H2,1H3,(H2,28,29,33). The van der Waals surface area contributed by atoms with E-state index in [9.17, 15) is 14.4 Å². The predicted octanol–water partition coefficient (Wildman–Crippen LogP) is 4.03. The van der Waals surface area contributed by atoms with Crippen molar-refractivity contribution in [2.75, 3.05) is 32.8 Å². The number of pyridine rings is 1. The number of amides is 2. The van der Waals surface area contributed by atoms with Crippen molar-refractivity contribution >= 4 is 45.5 Å². The minimum absolute atomic E-state index is 0.122. The number of rotatable bonds is 4. The summed E-state index contributed by atoms with van der Waals surface area (Å²) in [5.41, 5.74) is 3.64. The molecule has 2 N–H and O–H groups in total. The van der Waals surface area contributed by atoms with E-state index in [1.165, 1.54) is 0 Å². The second kappa shape index (κ2) is 9.42. The van der Waals surface area contributed by atoms with Gasteiger partial charge in [0.15, 0.2) is 0 Å². The third-order valence-corrected chi connectivity index (χ3v) is 6.39. The van der Waals surface area contributed by atoms with Gasteiger partial charge in [0.1, 0.15) is 0 Å². The van der Waals surface area contributed by atoms with E-state index in [0.29, 0.717) is 65.6 Å². The van der Waals surface area contributed by atoms with E-state index < -0.39 is 0 Å². The number of aromatic nitrogens is 3. The van der Waals surface area contributed by atoms with E-state index in [0.717, 1.165) is 17.4 Å². The first-order chi connectivity index (χ1) is 16.9. The zero-order chi connectivity index (χ0) is 24.5. The summed E-state index contributed by atoms with van der Waals surface area (Å²) in [6, 6.07) is 12.6. The molecule has 2 aromatic heterocycles. The van der Waals surface area contributed by atoms with Crippen LogP contribution in [0.15, 0.2) is 47.3 Å². The molecule has 5 rings (SSSR count). The van der Waals surface area contributed by atoms with Gasteiger partial charge in [-0.05, 0) is 36.8 Å². The summed E-state index contributed by atoms with van der Waals surface area (Å²) in [4.78, 5) is 50.4. The van der Waals surface area contributed by atoms with Crippen LogP contribution in [0.4, 0.5) is 4.79 Å². The van der Waals surface area contributed by atoms with E-state index in [2.05, 4.69) is 9.97 Å². The zero-order valence-corrected chi connectivity index (χ0v) is 19.9. The number of nitrogens with one attached hydrogen (secondary N) is 2. The van der Waals surface area contributed by atoms with Gasteiger partial charge in [-0.3, -0.25) is 4.79 Å². The Morgan fingerprint density at radius 1 is 1.00 bits per heavy atom. The van der Waals surface area contributed by atoms with Gasteiger partial charge in [-0.1, -0.05) is 30.7 Å². The van der Waals surface area contributed by atoms with Gasteiger partial charge in [-0.15, -0.1) is 0 Å². The van der Waals surface area contributed by atoms with Crippen molar-refractivity contribution in [3.8, 4) is 11.3 Å². The van der Waals surface area contributed by atoms with Crippen LogP contribution in [-0.4, -0.2) is 69.5 Å². The number of carbonyl (C=O) groups excluding carboxylic acids is 2. The quantitative estimate of drug-likeness (QED) is 0.446. The molecule has 2 aromatic carbocycles. The molecular formula is C25H24ClN5O4. The fourth-order valence-corrected chi connectivity index (χ4v) is 4.48. The lowest BCUT2D eigenvalue weighted by molar-refractivity contribution is 0.0560. The number of benzene rings is 2. The van der Waals surface area contributed by atoms with Crippen LogP contribution in [0.3, 0.4) is 0 Å². The summed E-state index contributed by atoms with van der Waals surface area (Å²) in [7, 11) is 0. The highest BCUT2D eigenvalue weighted by atomic mass is 35.5. The lowest BCUT2D eigenvalue weighted by Gasteiger charge is -2.34. The van der Waals surface area contributed by atoms with E-state index >= 15 is 0 Å². The highest BCUT2D eigenvalue weighted by Gasteiger charge is 2.26. The summed E-state index contributed by atoms with van der Waals surface area (Å²) < 4.78 is 5.19. The van der Waals surface area contributed by atoms with Crippen molar-refractivity contribution in [1.29, 1.82) is 0 Å². The molecule has 1 saturated heterocycles. The maximum absolute atomic E-state index is 13.2. The Morgan fingerprint density at radius 2 is 1.74 bits per heavy atom. The van der Waals surface area contributed by atoms with Gasteiger partial charge in [0.25, 0.3) is 5.91 Å². The topological polar surface area (TPSA) is 111 Å². The van der Waals surface area contributed by atoms with E-state index in [4.69, 9.17) is 21.3 Å². The van der Waals surface area contributed by atoms with Crippen LogP contribution in [0, 0.1) is 0 Å². The average Bonchev–Trinajstić information content (AvgIpc) is 3.25. The third kappa shape index (κ3) is 4.59. The first-order valence-corrected chi connectivity index (χ1v) is 11.8. The van der Waals surface area contributed by atoms with Crippen LogP contribution in [0.5, 0.6) is 0 Å². The Kier molecular flexibility index (Phi) is 6.17. The summed E-state index contributed by atoms with van der Waals surface area (Å²) in [5.74, 6) is -0.122. The molecule has 0 saturated carbocycles. The fraction of sp³-hybridized carbons (Fsp3) is 0.280.